The number of ether oxygens (including phenoxy) is 2. The van der Waals surface area contributed by atoms with Crippen molar-refractivity contribution in [3.63, 3.8) is 0 Å². The molecule has 1 rings (SSSR count). The molecule has 0 aliphatic carbocycles. The second-order valence-electron chi connectivity index (χ2n) is 3.16. The minimum Gasteiger partial charge on any atom is -0.504 e. The second-order valence-corrected chi connectivity index (χ2v) is 3.16. The first-order valence-electron chi connectivity index (χ1n) is 4.58. The summed E-state index contributed by atoms with van der Waals surface area (Å²) < 4.78 is 9.50. The van der Waals surface area contributed by atoms with Crippen LogP contribution in [-0.2, 0) is 9.53 Å². The fourth-order valence-electron chi connectivity index (χ4n) is 1.07. The lowest BCUT2D eigenvalue weighted by Gasteiger charge is -2.05. The molecule has 0 spiro atoms. The first kappa shape index (κ1) is 12.0. The Hall–Kier alpha value is -2.04. The predicted octanol–water partition coefficient (Wildman–Crippen LogP) is 1.15. The summed E-state index contributed by atoms with van der Waals surface area (Å²) >= 11 is 0. The Morgan fingerprint density at radius 3 is 2.56 bits per heavy atom. The number of phenolic OH excluding ortho intramolecular Hbond substituents is 1. The molecule has 0 saturated carbocycles. The van der Waals surface area contributed by atoms with E-state index in [4.69, 9.17) is 4.74 Å². The molecule has 1 N–H and O–H groups in total. The van der Waals surface area contributed by atoms with Crippen LogP contribution in [0.4, 0.5) is 0 Å². The minimum absolute atomic E-state index is 0.153. The van der Waals surface area contributed by atoms with Crippen molar-refractivity contribution in [3.8, 4) is 11.5 Å². The van der Waals surface area contributed by atoms with Gasteiger partial charge in [-0.1, -0.05) is 0 Å². The van der Waals surface area contributed by atoms with Crippen molar-refractivity contribution in [1.82, 2.24) is 0 Å². The summed E-state index contributed by atoms with van der Waals surface area (Å²) in [4.78, 5) is 22.0. The molecule has 0 heterocycles. The second kappa shape index (κ2) is 5.16. The Kier molecular flexibility index (Phi) is 3.88. The van der Waals surface area contributed by atoms with Crippen molar-refractivity contribution in [2.45, 2.75) is 6.92 Å². The largest absolute Gasteiger partial charge is 0.504 e. The normalized spacial score (nSPS) is 9.62. The highest BCUT2D eigenvalue weighted by atomic mass is 16.5. The molecule has 0 bridgehead atoms. The number of hydrogen-bond donors (Lipinski definition) is 1. The molecule has 0 aliphatic rings. The average molecular weight is 224 g/mol. The highest BCUT2D eigenvalue weighted by Gasteiger charge is 2.11. The lowest BCUT2D eigenvalue weighted by atomic mass is 10.2. The minimum atomic E-state index is -0.659. The molecular formula is C11H12O5. The van der Waals surface area contributed by atoms with Crippen LogP contribution in [0, 0.1) is 0 Å². The molecule has 5 nitrogen and oxygen atoms in total. The van der Waals surface area contributed by atoms with Crippen LogP contribution in [0.3, 0.4) is 0 Å². The summed E-state index contributed by atoms with van der Waals surface area (Å²) in [5.74, 6) is -0.790. The zero-order valence-electron chi connectivity index (χ0n) is 9.02. The third-order valence-electron chi connectivity index (χ3n) is 1.82. The number of esters is 1. The summed E-state index contributed by atoms with van der Waals surface area (Å²) in [6.07, 6.45) is 0. The maximum Gasteiger partial charge on any atom is 0.338 e. The number of aromatic hydroxyl groups is 1. The third-order valence-corrected chi connectivity index (χ3v) is 1.82. The van der Waals surface area contributed by atoms with Gasteiger partial charge in [0.1, 0.15) is 6.61 Å². The quantitative estimate of drug-likeness (QED) is 0.776. The van der Waals surface area contributed by atoms with Gasteiger partial charge in [-0.25, -0.2) is 4.79 Å². The van der Waals surface area contributed by atoms with E-state index in [1.54, 1.807) is 0 Å². The van der Waals surface area contributed by atoms with Gasteiger partial charge in [0.05, 0.1) is 12.7 Å². The highest BCUT2D eigenvalue weighted by molar-refractivity contribution is 5.91. The Balaban J connectivity index is 2.77. The molecule has 0 unspecified atom stereocenters. The van der Waals surface area contributed by atoms with Gasteiger partial charge in [-0.05, 0) is 25.1 Å². The first-order chi connectivity index (χ1) is 7.54. The molecule has 86 valence electrons. The monoisotopic (exact) mass is 224 g/mol. The Bertz CT molecular complexity index is 411. The molecule has 0 fully saturated rings. The van der Waals surface area contributed by atoms with E-state index in [1.165, 1.54) is 32.2 Å². The number of phenols is 1. The van der Waals surface area contributed by atoms with Crippen LogP contribution >= 0.6 is 0 Å². The first-order valence-corrected chi connectivity index (χ1v) is 4.58. The van der Waals surface area contributed by atoms with Crippen LogP contribution in [0.15, 0.2) is 18.2 Å². The number of hydrogen-bond acceptors (Lipinski definition) is 5. The molecule has 1 aromatic carbocycles. The molecular weight excluding hydrogens is 212 g/mol. The van der Waals surface area contributed by atoms with Gasteiger partial charge in [-0.2, -0.15) is 0 Å². The standard InChI is InChI=1S/C11H12O5/c1-7(12)6-16-11(14)8-3-4-10(15-2)9(13)5-8/h3-5,13H,6H2,1-2H3. The molecule has 1 aromatic rings. The molecule has 0 amide bonds. The van der Waals surface area contributed by atoms with Crippen LogP contribution in [-0.4, -0.2) is 30.6 Å². The van der Waals surface area contributed by atoms with Crippen molar-refractivity contribution in [2.24, 2.45) is 0 Å². The van der Waals surface area contributed by atoms with E-state index in [0.717, 1.165) is 0 Å². The fraction of sp³-hybridized carbons (Fsp3) is 0.273. The Labute approximate surface area is 92.6 Å². The fourth-order valence-corrected chi connectivity index (χ4v) is 1.07. The van der Waals surface area contributed by atoms with Gasteiger partial charge in [-0.3, -0.25) is 4.79 Å². The zero-order chi connectivity index (χ0) is 12.1. The lowest BCUT2D eigenvalue weighted by Crippen LogP contribution is -2.11. The number of Topliss-reactive ketones (excluding diaryl/α,β-unsaturated/α-hetero) is 1. The number of rotatable bonds is 4. The topological polar surface area (TPSA) is 72.8 Å². The smallest absolute Gasteiger partial charge is 0.338 e. The number of benzene rings is 1. The maximum absolute atomic E-state index is 11.4. The molecule has 0 atom stereocenters. The van der Waals surface area contributed by atoms with E-state index < -0.39 is 5.97 Å². The molecule has 0 saturated heterocycles. The zero-order valence-corrected chi connectivity index (χ0v) is 9.02. The van der Waals surface area contributed by atoms with Crippen LogP contribution in [0.5, 0.6) is 11.5 Å². The predicted molar refractivity (Wildman–Crippen MR) is 55.6 cm³/mol. The average Bonchev–Trinajstić information content (AvgIpc) is 2.25. The van der Waals surface area contributed by atoms with Gasteiger partial charge in [-0.15, -0.1) is 0 Å². The van der Waals surface area contributed by atoms with Crippen molar-refractivity contribution in [2.75, 3.05) is 13.7 Å². The van der Waals surface area contributed by atoms with Gasteiger partial charge in [0.2, 0.25) is 0 Å². The van der Waals surface area contributed by atoms with E-state index in [2.05, 4.69) is 4.74 Å². The van der Waals surface area contributed by atoms with E-state index >= 15 is 0 Å². The number of ketones is 1. The summed E-state index contributed by atoms with van der Waals surface area (Å²) in [5, 5.41) is 9.42. The Morgan fingerprint density at radius 2 is 2.06 bits per heavy atom. The number of carbonyl (C=O) groups excluding carboxylic acids is 2. The van der Waals surface area contributed by atoms with Crippen LogP contribution in [0.25, 0.3) is 0 Å². The summed E-state index contributed by atoms with van der Waals surface area (Å²) in [6, 6.07) is 4.11. The summed E-state index contributed by atoms with van der Waals surface area (Å²) in [7, 11) is 1.41. The van der Waals surface area contributed by atoms with Gasteiger partial charge in [0.25, 0.3) is 0 Å². The highest BCUT2D eigenvalue weighted by Crippen LogP contribution is 2.26. The molecule has 5 heteroatoms. The Morgan fingerprint density at radius 1 is 1.38 bits per heavy atom. The summed E-state index contributed by atoms with van der Waals surface area (Å²) in [5.41, 5.74) is 0.166. The van der Waals surface area contributed by atoms with E-state index in [0.29, 0.717) is 0 Å². The third kappa shape index (κ3) is 2.98. The van der Waals surface area contributed by atoms with Gasteiger partial charge in [0, 0.05) is 0 Å². The van der Waals surface area contributed by atoms with Crippen LogP contribution in [0.2, 0.25) is 0 Å². The van der Waals surface area contributed by atoms with Gasteiger partial charge >= 0.3 is 5.97 Å². The van der Waals surface area contributed by atoms with Gasteiger partial charge < -0.3 is 14.6 Å². The molecule has 16 heavy (non-hydrogen) atoms. The van der Waals surface area contributed by atoms with Crippen molar-refractivity contribution >= 4 is 11.8 Å². The molecule has 0 aliphatic heterocycles. The van der Waals surface area contributed by atoms with E-state index in [1.807, 2.05) is 0 Å². The van der Waals surface area contributed by atoms with Crippen molar-refractivity contribution in [1.29, 1.82) is 0 Å². The molecule has 0 aromatic heterocycles. The van der Waals surface area contributed by atoms with Crippen molar-refractivity contribution in [3.05, 3.63) is 23.8 Å². The van der Waals surface area contributed by atoms with Gasteiger partial charge in [0.15, 0.2) is 17.3 Å². The SMILES string of the molecule is COc1ccc(C(=O)OCC(C)=O)cc1O. The maximum atomic E-state index is 11.4. The van der Waals surface area contributed by atoms with Crippen LogP contribution < -0.4 is 4.74 Å². The van der Waals surface area contributed by atoms with Crippen LogP contribution in [0.1, 0.15) is 17.3 Å². The molecule has 0 radical (unpaired) electrons. The number of carbonyl (C=O) groups is 2. The van der Waals surface area contributed by atoms with E-state index in [9.17, 15) is 14.7 Å². The van der Waals surface area contributed by atoms with Crippen molar-refractivity contribution < 1.29 is 24.2 Å². The lowest BCUT2D eigenvalue weighted by molar-refractivity contribution is -0.120. The van der Waals surface area contributed by atoms with E-state index in [-0.39, 0.29) is 29.5 Å². The number of methoxy groups -OCH3 is 1. The summed E-state index contributed by atoms with van der Waals surface area (Å²) in [6.45, 7) is 1.05.